The van der Waals surface area contributed by atoms with Crippen molar-refractivity contribution in [2.24, 2.45) is 0 Å². The normalized spacial score (nSPS) is 13.7. The third kappa shape index (κ3) is 3.02. The highest BCUT2D eigenvalue weighted by Gasteiger charge is 2.17. The topological polar surface area (TPSA) is 86.6 Å². The molecule has 0 amide bonds. The predicted molar refractivity (Wildman–Crippen MR) is 93.9 cm³/mol. The molecule has 0 bridgehead atoms. The third-order valence-corrected chi connectivity index (χ3v) is 4.49. The molecular weight excluding hydrogens is 349 g/mol. The summed E-state index contributed by atoms with van der Waals surface area (Å²) in [5.41, 5.74) is 2.66. The molecule has 0 fully saturated rings. The van der Waals surface area contributed by atoms with Gasteiger partial charge in [0.1, 0.15) is 18.1 Å². The van der Waals surface area contributed by atoms with E-state index in [0.717, 1.165) is 36.8 Å². The van der Waals surface area contributed by atoms with Gasteiger partial charge in [-0.3, -0.25) is 4.68 Å². The lowest BCUT2D eigenvalue weighted by atomic mass is 10.2. The molecule has 1 aliphatic heterocycles. The molecule has 5 rings (SSSR count). The van der Waals surface area contributed by atoms with Crippen LogP contribution in [-0.4, -0.2) is 36.0 Å². The van der Waals surface area contributed by atoms with Gasteiger partial charge in [-0.05, 0) is 30.3 Å². The highest BCUT2D eigenvalue weighted by Crippen LogP contribution is 2.21. The second kappa shape index (κ2) is 6.44. The summed E-state index contributed by atoms with van der Waals surface area (Å²) >= 11 is 0. The Morgan fingerprint density at radius 3 is 2.96 bits per heavy atom. The van der Waals surface area contributed by atoms with E-state index in [1.54, 1.807) is 18.3 Å². The van der Waals surface area contributed by atoms with E-state index < -0.39 is 0 Å². The monoisotopic (exact) mass is 365 g/mol. The fourth-order valence-corrected chi connectivity index (χ4v) is 3.15. The first-order valence-electron chi connectivity index (χ1n) is 8.64. The van der Waals surface area contributed by atoms with Crippen molar-refractivity contribution in [3.05, 3.63) is 60.1 Å². The van der Waals surface area contributed by atoms with Crippen LogP contribution < -0.4 is 5.32 Å². The highest BCUT2D eigenvalue weighted by molar-refractivity contribution is 5.54. The van der Waals surface area contributed by atoms with Crippen LogP contribution in [-0.2, 0) is 19.6 Å². The standard InChI is InChI=1S/C18H16FN7O/c19-13-3-1-12(2-4-13)17-22-16(27-24-17)11-25-7-6-21-18(25)15-9-14-10-20-5-8-26(14)23-15/h1-4,6-7,9,20H,5,8,10-11H2. The second-order valence-corrected chi connectivity index (χ2v) is 6.32. The number of rotatable bonds is 4. The molecule has 27 heavy (non-hydrogen) atoms. The average molecular weight is 365 g/mol. The summed E-state index contributed by atoms with van der Waals surface area (Å²) in [4.78, 5) is 8.84. The molecule has 1 aromatic carbocycles. The Hall–Kier alpha value is -3.33. The lowest BCUT2D eigenvalue weighted by Gasteiger charge is -2.13. The van der Waals surface area contributed by atoms with Crippen LogP contribution in [0.5, 0.6) is 0 Å². The molecule has 0 radical (unpaired) electrons. The number of benzene rings is 1. The summed E-state index contributed by atoms with van der Waals surface area (Å²) in [6.07, 6.45) is 3.58. The van der Waals surface area contributed by atoms with Crippen molar-refractivity contribution in [1.82, 2.24) is 34.8 Å². The van der Waals surface area contributed by atoms with Crippen LogP contribution in [0, 0.1) is 5.82 Å². The van der Waals surface area contributed by atoms with Gasteiger partial charge in [-0.15, -0.1) is 0 Å². The molecule has 3 aromatic heterocycles. The van der Waals surface area contributed by atoms with E-state index in [2.05, 4.69) is 25.5 Å². The number of fused-ring (bicyclic) bond motifs is 1. The molecule has 136 valence electrons. The summed E-state index contributed by atoms with van der Waals surface area (Å²) < 4.78 is 22.3. The smallest absolute Gasteiger partial charge is 0.246 e. The molecule has 0 saturated heterocycles. The van der Waals surface area contributed by atoms with Gasteiger partial charge in [0.25, 0.3) is 0 Å². The predicted octanol–water partition coefficient (Wildman–Crippen LogP) is 2.09. The number of hydrogen-bond donors (Lipinski definition) is 1. The van der Waals surface area contributed by atoms with Crippen LogP contribution in [0.3, 0.4) is 0 Å². The van der Waals surface area contributed by atoms with Crippen molar-refractivity contribution >= 4 is 0 Å². The Morgan fingerprint density at radius 1 is 1.22 bits per heavy atom. The quantitative estimate of drug-likeness (QED) is 0.596. The second-order valence-electron chi connectivity index (χ2n) is 6.32. The van der Waals surface area contributed by atoms with Gasteiger partial charge in [0.05, 0.1) is 12.2 Å². The Balaban J connectivity index is 1.40. The summed E-state index contributed by atoms with van der Waals surface area (Å²) in [5.74, 6) is 1.32. The van der Waals surface area contributed by atoms with Gasteiger partial charge in [-0.25, -0.2) is 9.37 Å². The van der Waals surface area contributed by atoms with Crippen LogP contribution in [0.4, 0.5) is 4.39 Å². The van der Waals surface area contributed by atoms with Crippen LogP contribution in [0.15, 0.2) is 47.2 Å². The van der Waals surface area contributed by atoms with Crippen molar-refractivity contribution in [1.29, 1.82) is 0 Å². The Morgan fingerprint density at radius 2 is 2.11 bits per heavy atom. The van der Waals surface area contributed by atoms with Crippen molar-refractivity contribution in [2.75, 3.05) is 6.54 Å². The van der Waals surface area contributed by atoms with E-state index in [1.807, 2.05) is 21.5 Å². The number of nitrogens with zero attached hydrogens (tertiary/aromatic N) is 6. The zero-order valence-corrected chi connectivity index (χ0v) is 14.3. The number of aromatic nitrogens is 6. The van der Waals surface area contributed by atoms with Crippen molar-refractivity contribution in [3.8, 4) is 22.9 Å². The van der Waals surface area contributed by atoms with E-state index in [-0.39, 0.29) is 5.82 Å². The van der Waals surface area contributed by atoms with Gasteiger partial charge in [0.2, 0.25) is 11.7 Å². The third-order valence-electron chi connectivity index (χ3n) is 4.49. The van der Waals surface area contributed by atoms with Crippen LogP contribution in [0.25, 0.3) is 22.9 Å². The lowest BCUT2D eigenvalue weighted by Crippen LogP contribution is -2.28. The minimum atomic E-state index is -0.302. The fraction of sp³-hybridized carbons (Fsp3) is 0.222. The van der Waals surface area contributed by atoms with Crippen LogP contribution >= 0.6 is 0 Å². The molecule has 0 atom stereocenters. The van der Waals surface area contributed by atoms with Crippen molar-refractivity contribution < 1.29 is 8.91 Å². The minimum absolute atomic E-state index is 0.302. The van der Waals surface area contributed by atoms with Gasteiger partial charge in [-0.1, -0.05) is 5.16 Å². The maximum atomic E-state index is 13.1. The minimum Gasteiger partial charge on any atom is -0.337 e. The largest absolute Gasteiger partial charge is 0.337 e. The van der Waals surface area contributed by atoms with Gasteiger partial charge in [-0.2, -0.15) is 10.1 Å². The first-order valence-corrected chi connectivity index (χ1v) is 8.64. The molecule has 8 nitrogen and oxygen atoms in total. The Bertz CT molecular complexity index is 1060. The van der Waals surface area contributed by atoms with Crippen molar-refractivity contribution in [2.45, 2.75) is 19.6 Å². The lowest BCUT2D eigenvalue weighted by molar-refractivity contribution is 0.372. The Kier molecular flexibility index (Phi) is 3.79. The maximum Gasteiger partial charge on any atom is 0.246 e. The highest BCUT2D eigenvalue weighted by atomic mass is 19.1. The molecule has 1 N–H and O–H groups in total. The number of nitrogens with one attached hydrogen (secondary N) is 1. The van der Waals surface area contributed by atoms with E-state index in [9.17, 15) is 4.39 Å². The van der Waals surface area contributed by atoms with Crippen molar-refractivity contribution in [3.63, 3.8) is 0 Å². The summed E-state index contributed by atoms with van der Waals surface area (Å²) in [6, 6.07) is 8.03. The Labute approximate surface area is 153 Å². The molecule has 0 saturated carbocycles. The first kappa shape index (κ1) is 15.9. The van der Waals surface area contributed by atoms with Gasteiger partial charge in [0.15, 0.2) is 5.82 Å². The van der Waals surface area contributed by atoms with Gasteiger partial charge < -0.3 is 14.4 Å². The zero-order chi connectivity index (χ0) is 18.2. The zero-order valence-electron chi connectivity index (χ0n) is 14.3. The van der Waals surface area contributed by atoms with E-state index in [1.165, 1.54) is 12.1 Å². The van der Waals surface area contributed by atoms with E-state index in [0.29, 0.717) is 23.8 Å². The van der Waals surface area contributed by atoms with Gasteiger partial charge >= 0.3 is 0 Å². The fourth-order valence-electron chi connectivity index (χ4n) is 3.15. The maximum absolute atomic E-state index is 13.1. The summed E-state index contributed by atoms with van der Waals surface area (Å²) in [5, 5.41) is 12.0. The first-order chi connectivity index (χ1) is 13.3. The van der Waals surface area contributed by atoms with E-state index >= 15 is 0 Å². The SMILES string of the molecule is Fc1ccc(-c2noc(Cn3ccnc3-c3cc4n(n3)CCNC4)n2)cc1. The summed E-state index contributed by atoms with van der Waals surface area (Å²) in [6.45, 7) is 2.94. The molecule has 0 unspecified atom stereocenters. The molecule has 4 aromatic rings. The van der Waals surface area contributed by atoms with Crippen LogP contribution in [0.2, 0.25) is 0 Å². The number of imidazole rings is 1. The number of halogens is 1. The molecule has 0 aliphatic carbocycles. The van der Waals surface area contributed by atoms with Gasteiger partial charge in [0, 0.05) is 31.0 Å². The van der Waals surface area contributed by atoms with E-state index in [4.69, 9.17) is 4.52 Å². The molecule has 1 aliphatic rings. The summed E-state index contributed by atoms with van der Waals surface area (Å²) in [7, 11) is 0. The van der Waals surface area contributed by atoms with Crippen LogP contribution in [0.1, 0.15) is 11.6 Å². The number of hydrogen-bond acceptors (Lipinski definition) is 6. The molecular formula is C18H16FN7O. The molecule has 0 spiro atoms. The molecule has 9 heteroatoms. The molecule has 4 heterocycles. The average Bonchev–Trinajstić information content (AvgIpc) is 3.41.